The fraction of sp³-hybridized carbons (Fsp3) is 0.476. The molecule has 1 N–H and O–H groups in total. The maximum Gasteiger partial charge on any atom is 0.422 e. The zero-order valence-corrected chi connectivity index (χ0v) is 18.0. The SMILES string of the molecule is CCn1c([C@H]2C[C@H]2CC(=O)N[C@H](C)c2cnc(OCC(F)(F)F)s2)nc2ccccc21. The predicted molar refractivity (Wildman–Crippen MR) is 111 cm³/mol. The van der Waals surface area contributed by atoms with E-state index in [9.17, 15) is 18.0 Å². The van der Waals surface area contributed by atoms with Crippen LogP contribution in [0.1, 0.15) is 49.4 Å². The van der Waals surface area contributed by atoms with E-state index in [0.717, 1.165) is 41.2 Å². The summed E-state index contributed by atoms with van der Waals surface area (Å²) in [6.07, 6.45) is -1.67. The van der Waals surface area contributed by atoms with Crippen molar-refractivity contribution in [2.45, 2.75) is 51.4 Å². The molecule has 0 bridgehead atoms. The number of aromatic nitrogens is 3. The highest BCUT2D eigenvalue weighted by atomic mass is 32.1. The molecule has 6 nitrogen and oxygen atoms in total. The molecule has 0 unspecified atom stereocenters. The van der Waals surface area contributed by atoms with Crippen LogP contribution in [0.25, 0.3) is 11.0 Å². The molecule has 10 heteroatoms. The number of thiazole rings is 1. The third-order valence-electron chi connectivity index (χ3n) is 5.37. The molecule has 3 atom stereocenters. The minimum Gasteiger partial charge on any atom is -0.460 e. The van der Waals surface area contributed by atoms with E-state index in [1.807, 2.05) is 18.2 Å². The summed E-state index contributed by atoms with van der Waals surface area (Å²) in [5.41, 5.74) is 2.08. The average Bonchev–Trinajstić information content (AvgIpc) is 3.14. The van der Waals surface area contributed by atoms with Crippen LogP contribution >= 0.6 is 11.3 Å². The lowest BCUT2D eigenvalue weighted by Crippen LogP contribution is -2.26. The Balaban J connectivity index is 1.32. The highest BCUT2D eigenvalue weighted by Crippen LogP contribution is 2.49. The van der Waals surface area contributed by atoms with E-state index in [1.165, 1.54) is 6.20 Å². The first-order valence-corrected chi connectivity index (χ1v) is 11.0. The largest absolute Gasteiger partial charge is 0.460 e. The Bertz CT molecular complexity index is 1080. The summed E-state index contributed by atoms with van der Waals surface area (Å²) in [7, 11) is 0. The van der Waals surface area contributed by atoms with Crippen molar-refractivity contribution in [1.29, 1.82) is 0 Å². The van der Waals surface area contributed by atoms with E-state index >= 15 is 0 Å². The minimum atomic E-state index is -4.41. The quantitative estimate of drug-likeness (QED) is 0.532. The van der Waals surface area contributed by atoms with E-state index in [4.69, 9.17) is 4.98 Å². The Morgan fingerprint density at radius 2 is 2.16 bits per heavy atom. The minimum absolute atomic E-state index is 0.0610. The second-order valence-corrected chi connectivity index (χ2v) is 8.76. The van der Waals surface area contributed by atoms with Gasteiger partial charge in [-0.25, -0.2) is 9.97 Å². The lowest BCUT2D eigenvalue weighted by Gasteiger charge is -2.12. The van der Waals surface area contributed by atoms with E-state index in [1.54, 1.807) is 6.92 Å². The number of imidazole rings is 1. The van der Waals surface area contributed by atoms with Crippen molar-refractivity contribution in [2.75, 3.05) is 6.61 Å². The van der Waals surface area contributed by atoms with Gasteiger partial charge in [-0.2, -0.15) is 13.2 Å². The molecule has 0 saturated heterocycles. The molecule has 1 saturated carbocycles. The fourth-order valence-electron chi connectivity index (χ4n) is 3.79. The summed E-state index contributed by atoms with van der Waals surface area (Å²) < 4.78 is 43.6. The van der Waals surface area contributed by atoms with Crippen molar-refractivity contribution in [3.63, 3.8) is 0 Å². The molecular weight excluding hydrogens is 429 g/mol. The summed E-state index contributed by atoms with van der Waals surface area (Å²) in [5, 5.41) is 2.85. The molecule has 3 aromatic rings. The van der Waals surface area contributed by atoms with Crippen LogP contribution in [0.2, 0.25) is 0 Å². The number of hydrogen-bond donors (Lipinski definition) is 1. The second-order valence-electron chi connectivity index (χ2n) is 7.73. The summed E-state index contributed by atoms with van der Waals surface area (Å²) in [5.74, 6) is 1.44. The highest BCUT2D eigenvalue weighted by molar-refractivity contribution is 7.13. The number of benzene rings is 1. The number of halogens is 3. The maximum absolute atomic E-state index is 12.5. The third-order valence-corrected chi connectivity index (χ3v) is 6.46. The van der Waals surface area contributed by atoms with Crippen molar-refractivity contribution in [3.8, 4) is 5.19 Å². The van der Waals surface area contributed by atoms with Crippen LogP contribution < -0.4 is 10.1 Å². The van der Waals surface area contributed by atoms with Gasteiger partial charge in [-0.05, 0) is 38.3 Å². The van der Waals surface area contributed by atoms with E-state index in [0.29, 0.717) is 11.3 Å². The molecule has 31 heavy (non-hydrogen) atoms. The van der Waals surface area contributed by atoms with Crippen LogP contribution in [0.4, 0.5) is 13.2 Å². The average molecular weight is 453 g/mol. The van der Waals surface area contributed by atoms with Crippen LogP contribution in [0.15, 0.2) is 30.5 Å². The fourth-order valence-corrected chi connectivity index (χ4v) is 4.55. The van der Waals surface area contributed by atoms with Crippen molar-refractivity contribution in [1.82, 2.24) is 19.9 Å². The standard InChI is InChI=1S/C21H23F3N4O2S/c1-3-28-16-7-5-4-6-15(16)27-19(28)14-8-13(14)9-18(29)26-12(2)17-10-25-20(31-17)30-11-21(22,23)24/h4-7,10,12-14H,3,8-9,11H2,1-2H3,(H,26,29)/t12-,13+,14+/m1/s1. The first-order valence-electron chi connectivity index (χ1n) is 10.1. The van der Waals surface area contributed by atoms with Gasteiger partial charge in [-0.1, -0.05) is 23.5 Å². The van der Waals surface area contributed by atoms with Gasteiger partial charge in [-0.15, -0.1) is 0 Å². The van der Waals surface area contributed by atoms with Gasteiger partial charge in [0.2, 0.25) is 5.91 Å². The van der Waals surface area contributed by atoms with Gasteiger partial charge in [0.1, 0.15) is 5.82 Å². The van der Waals surface area contributed by atoms with Crippen LogP contribution in [0, 0.1) is 5.92 Å². The number of aryl methyl sites for hydroxylation is 1. The Labute approximate surface area is 181 Å². The number of alkyl halides is 3. The molecule has 2 aromatic heterocycles. The van der Waals surface area contributed by atoms with Gasteiger partial charge in [0.15, 0.2) is 6.61 Å². The molecule has 1 aliphatic rings. The van der Waals surface area contributed by atoms with E-state index < -0.39 is 12.8 Å². The Morgan fingerprint density at radius 1 is 1.39 bits per heavy atom. The van der Waals surface area contributed by atoms with Gasteiger partial charge < -0.3 is 14.6 Å². The predicted octanol–water partition coefficient (Wildman–Crippen LogP) is 4.82. The number of fused-ring (bicyclic) bond motifs is 1. The van der Waals surface area contributed by atoms with Crippen molar-refractivity contribution >= 4 is 28.3 Å². The second kappa shape index (κ2) is 8.49. The summed E-state index contributed by atoms with van der Waals surface area (Å²) in [6, 6.07) is 7.67. The molecule has 1 fully saturated rings. The summed E-state index contributed by atoms with van der Waals surface area (Å²) in [4.78, 5) is 21.8. The van der Waals surface area contributed by atoms with E-state index in [2.05, 4.69) is 32.6 Å². The monoisotopic (exact) mass is 452 g/mol. The number of rotatable bonds is 8. The Kier molecular flexibility index (Phi) is 5.92. The Morgan fingerprint density at radius 3 is 2.90 bits per heavy atom. The molecule has 4 rings (SSSR count). The van der Waals surface area contributed by atoms with Gasteiger partial charge in [-0.3, -0.25) is 4.79 Å². The molecule has 0 aliphatic heterocycles. The first-order chi connectivity index (χ1) is 14.7. The maximum atomic E-state index is 12.5. The number of para-hydroxylation sites is 2. The number of carbonyl (C=O) groups is 1. The number of ether oxygens (including phenoxy) is 1. The number of amides is 1. The lowest BCUT2D eigenvalue weighted by atomic mass is 10.2. The van der Waals surface area contributed by atoms with Crippen molar-refractivity contribution in [2.24, 2.45) is 5.92 Å². The molecule has 166 valence electrons. The zero-order valence-electron chi connectivity index (χ0n) is 17.1. The first kappa shape index (κ1) is 21.6. The lowest BCUT2D eigenvalue weighted by molar-refractivity contribution is -0.153. The number of hydrogen-bond acceptors (Lipinski definition) is 5. The number of carbonyl (C=O) groups excluding carboxylic acids is 1. The smallest absolute Gasteiger partial charge is 0.422 e. The molecule has 1 aromatic carbocycles. The molecule has 2 heterocycles. The van der Waals surface area contributed by atoms with Crippen molar-refractivity contribution < 1.29 is 22.7 Å². The zero-order chi connectivity index (χ0) is 22.2. The van der Waals surface area contributed by atoms with Crippen LogP contribution in [-0.2, 0) is 11.3 Å². The summed E-state index contributed by atoms with van der Waals surface area (Å²) >= 11 is 1.00. The van der Waals surface area contributed by atoms with Gasteiger partial charge in [0.25, 0.3) is 5.19 Å². The van der Waals surface area contributed by atoms with Gasteiger partial charge >= 0.3 is 6.18 Å². The van der Waals surface area contributed by atoms with Crippen LogP contribution in [0.3, 0.4) is 0 Å². The third kappa shape index (κ3) is 5.00. The van der Waals surface area contributed by atoms with Gasteiger partial charge in [0, 0.05) is 25.1 Å². The number of nitrogens with zero attached hydrogens (tertiary/aromatic N) is 3. The molecule has 0 spiro atoms. The van der Waals surface area contributed by atoms with Crippen molar-refractivity contribution in [3.05, 3.63) is 41.2 Å². The summed E-state index contributed by atoms with van der Waals surface area (Å²) in [6.45, 7) is 3.31. The topological polar surface area (TPSA) is 69.0 Å². The van der Waals surface area contributed by atoms with Crippen LogP contribution in [0.5, 0.6) is 5.19 Å². The highest BCUT2D eigenvalue weighted by Gasteiger charge is 2.43. The van der Waals surface area contributed by atoms with Crippen LogP contribution in [-0.4, -0.2) is 33.2 Å². The Hall–Kier alpha value is -2.62. The normalized spacial score (nSPS) is 19.4. The molecule has 1 amide bonds. The molecular formula is C21H23F3N4O2S. The molecule has 1 aliphatic carbocycles. The van der Waals surface area contributed by atoms with Gasteiger partial charge in [0.05, 0.1) is 22.0 Å². The molecule has 0 radical (unpaired) electrons. The van der Waals surface area contributed by atoms with E-state index in [-0.39, 0.29) is 29.0 Å². The number of nitrogens with one attached hydrogen (secondary N) is 1.